The molecular formula is C11H23ClN2O3. The van der Waals surface area contributed by atoms with Crippen LogP contribution in [-0.2, 0) is 14.3 Å². The third-order valence-electron chi connectivity index (χ3n) is 2.85. The summed E-state index contributed by atoms with van der Waals surface area (Å²) in [5.74, 6) is 0.354. The lowest BCUT2D eigenvalue weighted by Crippen LogP contribution is -2.41. The Hall–Kier alpha value is -0.360. The van der Waals surface area contributed by atoms with Gasteiger partial charge >= 0.3 is 0 Å². The van der Waals surface area contributed by atoms with E-state index in [-0.39, 0.29) is 24.2 Å². The maximum Gasteiger partial charge on any atom is 0.227 e. The summed E-state index contributed by atoms with van der Waals surface area (Å²) in [4.78, 5) is 14.0. The van der Waals surface area contributed by atoms with Gasteiger partial charge < -0.3 is 19.7 Å². The quantitative estimate of drug-likeness (QED) is 0.712. The average molecular weight is 267 g/mol. The topological polar surface area (TPSA) is 50.8 Å². The minimum Gasteiger partial charge on any atom is -0.383 e. The van der Waals surface area contributed by atoms with Gasteiger partial charge in [0.25, 0.3) is 0 Å². The molecule has 0 saturated carbocycles. The number of amides is 1. The van der Waals surface area contributed by atoms with Gasteiger partial charge in [-0.1, -0.05) is 0 Å². The van der Waals surface area contributed by atoms with Crippen LogP contribution in [0.5, 0.6) is 0 Å². The molecule has 102 valence electrons. The Bertz CT molecular complexity index is 203. The predicted molar refractivity (Wildman–Crippen MR) is 68.6 cm³/mol. The number of ether oxygens (including phenoxy) is 2. The van der Waals surface area contributed by atoms with Crippen LogP contribution in [0.3, 0.4) is 0 Å². The van der Waals surface area contributed by atoms with Crippen LogP contribution < -0.4 is 5.32 Å². The van der Waals surface area contributed by atoms with E-state index in [2.05, 4.69) is 5.32 Å². The van der Waals surface area contributed by atoms with Crippen molar-refractivity contribution >= 4 is 18.3 Å². The molecule has 1 atom stereocenters. The number of nitrogens with one attached hydrogen (secondary N) is 1. The number of nitrogens with zero attached hydrogens (tertiary/aromatic N) is 1. The van der Waals surface area contributed by atoms with Crippen molar-refractivity contribution in [3.8, 4) is 0 Å². The van der Waals surface area contributed by atoms with Crippen molar-refractivity contribution in [3.63, 3.8) is 0 Å². The highest BCUT2D eigenvalue weighted by atomic mass is 35.5. The maximum atomic E-state index is 12.1. The fourth-order valence-electron chi connectivity index (χ4n) is 1.86. The van der Waals surface area contributed by atoms with Crippen molar-refractivity contribution in [2.45, 2.75) is 6.42 Å². The van der Waals surface area contributed by atoms with Gasteiger partial charge in [0.1, 0.15) is 0 Å². The fraction of sp³-hybridized carbons (Fsp3) is 0.909. The molecule has 0 aliphatic carbocycles. The summed E-state index contributed by atoms with van der Waals surface area (Å²) in [6.07, 6.45) is 0.940. The van der Waals surface area contributed by atoms with Crippen LogP contribution in [0.1, 0.15) is 6.42 Å². The second-order valence-electron chi connectivity index (χ2n) is 4.00. The van der Waals surface area contributed by atoms with Gasteiger partial charge in [-0.2, -0.15) is 0 Å². The molecule has 6 heteroatoms. The van der Waals surface area contributed by atoms with Gasteiger partial charge in [-0.25, -0.2) is 0 Å². The highest BCUT2D eigenvalue weighted by Crippen LogP contribution is 2.11. The Morgan fingerprint density at radius 3 is 2.29 bits per heavy atom. The summed E-state index contributed by atoms with van der Waals surface area (Å²) in [6.45, 7) is 4.20. The van der Waals surface area contributed by atoms with E-state index >= 15 is 0 Å². The molecule has 17 heavy (non-hydrogen) atoms. The number of hydrogen-bond donors (Lipinski definition) is 1. The van der Waals surface area contributed by atoms with Crippen molar-refractivity contribution in [1.29, 1.82) is 0 Å². The molecule has 1 heterocycles. The van der Waals surface area contributed by atoms with E-state index in [1.807, 2.05) is 4.90 Å². The number of rotatable bonds is 7. The Morgan fingerprint density at radius 2 is 1.88 bits per heavy atom. The van der Waals surface area contributed by atoms with Crippen LogP contribution in [0.4, 0.5) is 0 Å². The van der Waals surface area contributed by atoms with E-state index in [1.54, 1.807) is 14.2 Å². The molecule has 1 unspecified atom stereocenters. The number of carbonyl (C=O) groups excluding carboxylic acids is 1. The molecule has 5 nitrogen and oxygen atoms in total. The molecule has 1 aliphatic heterocycles. The molecule has 0 spiro atoms. The lowest BCUT2D eigenvalue weighted by Gasteiger charge is -2.24. The van der Waals surface area contributed by atoms with E-state index in [4.69, 9.17) is 9.47 Å². The second kappa shape index (κ2) is 9.65. The summed E-state index contributed by atoms with van der Waals surface area (Å²) in [7, 11) is 3.30. The number of methoxy groups -OCH3 is 2. The maximum absolute atomic E-state index is 12.1. The number of halogens is 1. The third kappa shape index (κ3) is 5.68. The van der Waals surface area contributed by atoms with Gasteiger partial charge in [-0.05, 0) is 13.0 Å². The molecule has 1 saturated heterocycles. The van der Waals surface area contributed by atoms with Crippen molar-refractivity contribution in [2.24, 2.45) is 5.92 Å². The fourth-order valence-corrected chi connectivity index (χ4v) is 1.86. The van der Waals surface area contributed by atoms with Crippen molar-refractivity contribution in [1.82, 2.24) is 10.2 Å². The zero-order valence-corrected chi connectivity index (χ0v) is 11.4. The molecule has 1 rings (SSSR count). The van der Waals surface area contributed by atoms with E-state index in [1.165, 1.54) is 0 Å². The van der Waals surface area contributed by atoms with Crippen LogP contribution in [-0.4, -0.2) is 64.4 Å². The van der Waals surface area contributed by atoms with Gasteiger partial charge in [0.2, 0.25) is 5.91 Å². The first kappa shape index (κ1) is 16.6. The smallest absolute Gasteiger partial charge is 0.227 e. The highest BCUT2D eigenvalue weighted by molar-refractivity contribution is 5.85. The minimum atomic E-state index is 0. The lowest BCUT2D eigenvalue weighted by molar-refractivity contribution is -0.136. The Morgan fingerprint density at radius 1 is 1.29 bits per heavy atom. The first-order valence-electron chi connectivity index (χ1n) is 5.77. The Labute approximate surface area is 109 Å². The van der Waals surface area contributed by atoms with E-state index in [9.17, 15) is 4.79 Å². The molecule has 1 amide bonds. The molecule has 1 fully saturated rings. The van der Waals surface area contributed by atoms with Gasteiger partial charge in [0, 0.05) is 33.9 Å². The average Bonchev–Trinajstić information content (AvgIpc) is 2.82. The van der Waals surface area contributed by atoms with Crippen LogP contribution in [0.2, 0.25) is 0 Å². The summed E-state index contributed by atoms with van der Waals surface area (Å²) in [5.41, 5.74) is 0. The van der Waals surface area contributed by atoms with Crippen LogP contribution in [0.25, 0.3) is 0 Å². The standard InChI is InChI=1S/C11H22N2O3.ClH/c1-15-7-5-13(6-8-16-2)11(14)10-3-4-12-9-10;/h10,12H,3-9H2,1-2H3;1H. The van der Waals surface area contributed by atoms with E-state index < -0.39 is 0 Å². The zero-order valence-electron chi connectivity index (χ0n) is 10.6. The Kier molecular flexibility index (Phi) is 9.44. The third-order valence-corrected chi connectivity index (χ3v) is 2.85. The van der Waals surface area contributed by atoms with E-state index in [0.717, 1.165) is 19.5 Å². The SMILES string of the molecule is COCCN(CCOC)C(=O)C1CCNC1.Cl. The Balaban J connectivity index is 0.00000256. The number of hydrogen-bond acceptors (Lipinski definition) is 4. The van der Waals surface area contributed by atoms with Crippen LogP contribution >= 0.6 is 12.4 Å². The molecule has 0 bridgehead atoms. The van der Waals surface area contributed by atoms with Gasteiger partial charge in [-0.15, -0.1) is 12.4 Å². The van der Waals surface area contributed by atoms with Crippen LogP contribution in [0, 0.1) is 5.92 Å². The lowest BCUT2D eigenvalue weighted by atomic mass is 10.1. The van der Waals surface area contributed by atoms with Crippen molar-refractivity contribution in [3.05, 3.63) is 0 Å². The van der Waals surface area contributed by atoms with Crippen LogP contribution in [0.15, 0.2) is 0 Å². The normalized spacial score (nSPS) is 18.8. The summed E-state index contributed by atoms with van der Waals surface area (Å²) in [6, 6.07) is 0. The van der Waals surface area contributed by atoms with Gasteiger partial charge in [0.15, 0.2) is 0 Å². The highest BCUT2D eigenvalue weighted by Gasteiger charge is 2.26. The first-order chi connectivity index (χ1) is 7.79. The number of carbonyl (C=O) groups is 1. The summed E-state index contributed by atoms with van der Waals surface area (Å²) < 4.78 is 10.0. The largest absolute Gasteiger partial charge is 0.383 e. The summed E-state index contributed by atoms with van der Waals surface area (Å²) in [5, 5.41) is 3.21. The molecule has 0 radical (unpaired) electrons. The monoisotopic (exact) mass is 266 g/mol. The minimum absolute atomic E-state index is 0. The molecular weight excluding hydrogens is 244 g/mol. The van der Waals surface area contributed by atoms with Crippen molar-refractivity contribution < 1.29 is 14.3 Å². The van der Waals surface area contributed by atoms with Crippen molar-refractivity contribution in [2.75, 3.05) is 53.6 Å². The predicted octanol–water partition coefficient (Wildman–Crippen LogP) is 0.139. The zero-order chi connectivity index (χ0) is 11.8. The first-order valence-corrected chi connectivity index (χ1v) is 5.77. The van der Waals surface area contributed by atoms with Gasteiger partial charge in [-0.3, -0.25) is 4.79 Å². The molecule has 0 aromatic carbocycles. The molecule has 0 aromatic heterocycles. The molecule has 1 aliphatic rings. The van der Waals surface area contributed by atoms with Gasteiger partial charge in [0.05, 0.1) is 19.1 Å². The second-order valence-corrected chi connectivity index (χ2v) is 4.00. The summed E-state index contributed by atoms with van der Waals surface area (Å²) >= 11 is 0. The van der Waals surface area contributed by atoms with E-state index in [0.29, 0.717) is 26.3 Å². The molecule has 0 aromatic rings. The molecule has 1 N–H and O–H groups in total.